The Balaban J connectivity index is 0.790. The van der Waals surface area contributed by atoms with Crippen LogP contribution in [-0.4, -0.2) is 23.4 Å². The zero-order chi connectivity index (χ0) is 42.1. The maximum atomic E-state index is 6.40. The number of anilines is 6. The van der Waals surface area contributed by atoms with Crippen LogP contribution in [0.3, 0.4) is 0 Å². The van der Waals surface area contributed by atoms with Crippen LogP contribution in [0.25, 0.3) is 45.1 Å². The lowest BCUT2D eigenvalue weighted by Gasteiger charge is -2.37. The molecule has 298 valence electrons. The zero-order valence-electron chi connectivity index (χ0n) is 34.5. The van der Waals surface area contributed by atoms with E-state index in [1.807, 2.05) is 12.1 Å². The summed E-state index contributed by atoms with van der Waals surface area (Å²) >= 11 is 0. The molecule has 2 aliphatic heterocycles. The zero-order valence-corrected chi connectivity index (χ0v) is 34.5. The molecule has 8 heteroatoms. The molecule has 4 heterocycles. The molecule has 0 atom stereocenters. The summed E-state index contributed by atoms with van der Waals surface area (Å²) in [5.41, 5.74) is 19.0. The average molecular weight is 819 g/mol. The van der Waals surface area contributed by atoms with Crippen molar-refractivity contribution in [1.29, 1.82) is 0 Å². The summed E-state index contributed by atoms with van der Waals surface area (Å²) < 4.78 is 12.8. The van der Waals surface area contributed by atoms with E-state index in [4.69, 9.17) is 18.8 Å². The van der Waals surface area contributed by atoms with Crippen molar-refractivity contribution < 1.29 is 8.83 Å². The molecule has 64 heavy (non-hydrogen) atoms. The molecule has 9 aromatic carbocycles. The van der Waals surface area contributed by atoms with Gasteiger partial charge in [0.2, 0.25) is 25.2 Å². The summed E-state index contributed by atoms with van der Waals surface area (Å²) in [5, 5.41) is 0. The third-order valence-corrected chi connectivity index (χ3v) is 12.9. The van der Waals surface area contributed by atoms with Crippen molar-refractivity contribution in [1.82, 2.24) is 9.97 Å². The lowest BCUT2D eigenvalue weighted by Crippen LogP contribution is -2.57. The number of benzene rings is 9. The van der Waals surface area contributed by atoms with Crippen LogP contribution in [0.15, 0.2) is 227 Å². The van der Waals surface area contributed by atoms with E-state index in [2.05, 4.69) is 216 Å². The van der Waals surface area contributed by atoms with Gasteiger partial charge < -0.3 is 18.6 Å². The van der Waals surface area contributed by atoms with Crippen LogP contribution in [0.5, 0.6) is 0 Å². The first-order chi connectivity index (χ1) is 31.7. The highest BCUT2D eigenvalue weighted by molar-refractivity contribution is 6.98. The van der Waals surface area contributed by atoms with Gasteiger partial charge in [0.1, 0.15) is 11.0 Å². The van der Waals surface area contributed by atoms with Gasteiger partial charge in [0, 0.05) is 57.4 Å². The quantitative estimate of drug-likeness (QED) is 0.156. The molecule has 2 aromatic heterocycles. The number of aromatic nitrogens is 2. The lowest BCUT2D eigenvalue weighted by atomic mass is 9.35. The molecule has 0 saturated carbocycles. The fourth-order valence-corrected chi connectivity index (χ4v) is 10.0. The highest BCUT2D eigenvalue weighted by Gasteiger charge is 2.36. The molecule has 0 fully saturated rings. The van der Waals surface area contributed by atoms with Crippen LogP contribution >= 0.6 is 0 Å². The molecular formula is C56H36B2N4O2. The van der Waals surface area contributed by atoms with Crippen molar-refractivity contribution in [3.63, 3.8) is 0 Å². The molecule has 6 nitrogen and oxygen atoms in total. The Bertz CT molecular complexity index is 3160. The minimum Gasteiger partial charge on any atom is -0.436 e. The van der Waals surface area contributed by atoms with Crippen LogP contribution < -0.4 is 42.6 Å². The molecule has 0 unspecified atom stereocenters. The number of hydrogen-bond donors (Lipinski definition) is 0. The lowest BCUT2D eigenvalue weighted by molar-refractivity contribution is 0.618. The van der Waals surface area contributed by atoms with Crippen LogP contribution in [-0.2, 0) is 0 Å². The Hall–Kier alpha value is -8.35. The monoisotopic (exact) mass is 818 g/mol. The molecule has 11 aromatic rings. The SMILES string of the molecule is c1ccc(B2c3ccccc3N(c3ccc(-c4nc5cc6oc(-c7ccc(N8c9ccccc9B(c9ccccc9)c9ccccc98)cc7)nc6cc5o4)cc3)c3ccccc32)cc1. The van der Waals surface area contributed by atoms with E-state index in [0.29, 0.717) is 34.0 Å². The predicted octanol–water partition coefficient (Wildman–Crippen LogP) is 9.90. The number of para-hydroxylation sites is 4. The molecule has 0 amide bonds. The smallest absolute Gasteiger partial charge is 0.246 e. The standard InChI is InChI=1S/C56H36B2N4O2/c1-3-15-39(16-4-1)57-43-19-7-11-23-49(43)61(50-24-12-8-20-44(50)57)41-31-27-37(28-32-41)55-59-47-35-54-48(36-53(47)63-55)60-56(64-54)38-29-33-42(34-30-38)62-51-25-13-9-21-45(51)58(40-17-5-2-6-18-40)46-22-10-14-26-52(46)62/h1-36H. The third-order valence-electron chi connectivity index (χ3n) is 12.9. The van der Waals surface area contributed by atoms with E-state index in [1.165, 1.54) is 55.5 Å². The predicted molar refractivity (Wildman–Crippen MR) is 264 cm³/mol. The maximum Gasteiger partial charge on any atom is 0.246 e. The fraction of sp³-hybridized carbons (Fsp3) is 0. The number of oxazole rings is 2. The summed E-state index contributed by atoms with van der Waals surface area (Å²) in [4.78, 5) is 14.6. The normalized spacial score (nSPS) is 12.9. The van der Waals surface area contributed by atoms with Gasteiger partial charge in [-0.15, -0.1) is 0 Å². The van der Waals surface area contributed by atoms with E-state index in [-0.39, 0.29) is 13.4 Å². The first-order valence-electron chi connectivity index (χ1n) is 21.7. The van der Waals surface area contributed by atoms with Gasteiger partial charge in [-0.25, -0.2) is 9.97 Å². The summed E-state index contributed by atoms with van der Waals surface area (Å²) in [6, 6.07) is 77.2. The van der Waals surface area contributed by atoms with Gasteiger partial charge in [-0.3, -0.25) is 0 Å². The van der Waals surface area contributed by atoms with Gasteiger partial charge in [0.25, 0.3) is 0 Å². The van der Waals surface area contributed by atoms with Crippen LogP contribution in [0.1, 0.15) is 0 Å². The van der Waals surface area contributed by atoms with E-state index < -0.39 is 0 Å². The topological polar surface area (TPSA) is 58.5 Å². The van der Waals surface area contributed by atoms with E-state index in [9.17, 15) is 0 Å². The maximum absolute atomic E-state index is 6.40. The molecule has 0 N–H and O–H groups in total. The van der Waals surface area contributed by atoms with E-state index in [1.54, 1.807) is 0 Å². The van der Waals surface area contributed by atoms with Crippen molar-refractivity contribution in [3.8, 4) is 22.9 Å². The Kier molecular flexibility index (Phi) is 8.31. The first-order valence-corrected chi connectivity index (χ1v) is 21.7. The summed E-state index contributed by atoms with van der Waals surface area (Å²) in [6.07, 6.45) is 0. The van der Waals surface area contributed by atoms with Gasteiger partial charge in [-0.1, -0.05) is 144 Å². The highest BCUT2D eigenvalue weighted by Crippen LogP contribution is 2.39. The fourth-order valence-electron chi connectivity index (χ4n) is 10.0. The Morgan fingerprint density at radius 2 is 0.641 bits per heavy atom. The number of fused-ring (bicyclic) bond motifs is 6. The van der Waals surface area contributed by atoms with Crippen molar-refractivity contribution in [2.24, 2.45) is 0 Å². The van der Waals surface area contributed by atoms with Crippen molar-refractivity contribution in [3.05, 3.63) is 218 Å². The Labute approximate surface area is 370 Å². The van der Waals surface area contributed by atoms with Gasteiger partial charge in [-0.2, -0.15) is 0 Å². The van der Waals surface area contributed by atoms with E-state index >= 15 is 0 Å². The van der Waals surface area contributed by atoms with Crippen molar-refractivity contribution in [2.75, 3.05) is 9.80 Å². The van der Waals surface area contributed by atoms with Crippen LogP contribution in [0.2, 0.25) is 0 Å². The van der Waals surface area contributed by atoms with Gasteiger partial charge >= 0.3 is 0 Å². The Morgan fingerprint density at radius 1 is 0.328 bits per heavy atom. The van der Waals surface area contributed by atoms with Gasteiger partial charge in [-0.05, 0) is 94.6 Å². The molecule has 2 aliphatic rings. The molecule has 13 rings (SSSR count). The second-order valence-corrected chi connectivity index (χ2v) is 16.5. The van der Waals surface area contributed by atoms with Crippen molar-refractivity contribution in [2.45, 2.75) is 0 Å². The summed E-state index contributed by atoms with van der Waals surface area (Å²) in [6.45, 7) is 0.290. The molecule has 0 spiro atoms. The third kappa shape index (κ3) is 5.83. The largest absolute Gasteiger partial charge is 0.436 e. The van der Waals surface area contributed by atoms with Crippen LogP contribution in [0.4, 0.5) is 34.1 Å². The second kappa shape index (κ2) is 14.6. The number of rotatable bonds is 6. The molecule has 0 radical (unpaired) electrons. The van der Waals surface area contributed by atoms with E-state index in [0.717, 1.165) is 22.5 Å². The molecular weight excluding hydrogens is 782 g/mol. The van der Waals surface area contributed by atoms with Gasteiger partial charge in [0.15, 0.2) is 11.2 Å². The molecule has 0 aliphatic carbocycles. The average Bonchev–Trinajstić information content (AvgIpc) is 3.98. The number of nitrogens with zero attached hydrogens (tertiary/aromatic N) is 4. The first kappa shape index (κ1) is 36.3. The highest BCUT2D eigenvalue weighted by atomic mass is 16.4. The van der Waals surface area contributed by atoms with Crippen LogP contribution in [0, 0.1) is 0 Å². The van der Waals surface area contributed by atoms with Gasteiger partial charge in [0.05, 0.1) is 0 Å². The summed E-state index contributed by atoms with van der Waals surface area (Å²) in [7, 11) is 0. The number of hydrogen-bond acceptors (Lipinski definition) is 6. The molecule has 0 saturated heterocycles. The van der Waals surface area contributed by atoms with Crippen molar-refractivity contribution >= 4 is 103 Å². The second-order valence-electron chi connectivity index (χ2n) is 16.5. The Morgan fingerprint density at radius 3 is 0.984 bits per heavy atom. The summed E-state index contributed by atoms with van der Waals surface area (Å²) in [5.74, 6) is 1.09. The minimum absolute atomic E-state index is 0.145. The minimum atomic E-state index is 0.145. The molecule has 0 bridgehead atoms.